The van der Waals surface area contributed by atoms with E-state index in [1.807, 2.05) is 0 Å². The Labute approximate surface area is 119 Å². The Hall–Kier alpha value is -1.59. The minimum atomic E-state index is -0.564. The molecule has 2 aliphatic heterocycles. The molecule has 112 valence electrons. The first-order chi connectivity index (χ1) is 9.66. The molecule has 0 aromatic carbocycles. The zero-order chi connectivity index (χ0) is 14.5. The second-order valence-corrected chi connectivity index (χ2v) is 5.45. The minimum absolute atomic E-state index is 0.360. The molecule has 5 amide bonds. The van der Waals surface area contributed by atoms with Crippen LogP contribution in [0.5, 0.6) is 0 Å². The average molecular weight is 281 g/mol. The second-order valence-electron chi connectivity index (χ2n) is 5.45. The highest BCUT2D eigenvalue weighted by molar-refractivity contribution is 6.16. The smallest absolute Gasteiger partial charge is 0.335 e. The predicted molar refractivity (Wildman–Crippen MR) is 74.1 cm³/mol. The maximum absolute atomic E-state index is 12.1. The summed E-state index contributed by atoms with van der Waals surface area (Å²) in [6.07, 6.45) is 6.71. The van der Waals surface area contributed by atoms with Crippen LogP contribution < -0.4 is 5.32 Å². The summed E-state index contributed by atoms with van der Waals surface area (Å²) in [7, 11) is 0. The molecule has 1 unspecified atom stereocenters. The molecule has 0 aromatic rings. The number of nitrogens with one attached hydrogen (secondary N) is 1. The average Bonchev–Trinajstić information content (AvgIpc) is 2.71. The van der Waals surface area contributed by atoms with Gasteiger partial charge in [0, 0.05) is 13.1 Å². The lowest BCUT2D eigenvalue weighted by molar-refractivity contribution is -0.126. The lowest BCUT2D eigenvalue weighted by Crippen LogP contribution is -2.44. The summed E-state index contributed by atoms with van der Waals surface area (Å²) in [5.74, 6) is -0.360. The molecule has 0 aromatic heterocycles. The molecule has 1 N–H and O–H groups in total. The topological polar surface area (TPSA) is 69.7 Å². The number of imide groups is 3. The summed E-state index contributed by atoms with van der Waals surface area (Å²) >= 11 is 0. The molecule has 20 heavy (non-hydrogen) atoms. The first kappa shape index (κ1) is 14.8. The number of unbranched alkanes of at least 4 members (excludes halogenated alkanes) is 3. The van der Waals surface area contributed by atoms with Gasteiger partial charge in [0.1, 0.15) is 6.04 Å². The molecule has 1 atom stereocenters. The van der Waals surface area contributed by atoms with Crippen LogP contribution in [-0.4, -0.2) is 46.9 Å². The maximum Gasteiger partial charge on any atom is 0.335 e. The van der Waals surface area contributed by atoms with Crippen LogP contribution in [0.15, 0.2) is 0 Å². The summed E-state index contributed by atoms with van der Waals surface area (Å²) in [5.41, 5.74) is 0. The van der Waals surface area contributed by atoms with Crippen LogP contribution in [0.25, 0.3) is 0 Å². The molecule has 0 aliphatic carbocycles. The van der Waals surface area contributed by atoms with Crippen molar-refractivity contribution in [2.75, 3.05) is 13.1 Å². The van der Waals surface area contributed by atoms with E-state index in [1.54, 1.807) is 0 Å². The van der Waals surface area contributed by atoms with E-state index >= 15 is 0 Å². The summed E-state index contributed by atoms with van der Waals surface area (Å²) in [6, 6.07) is -1.43. The van der Waals surface area contributed by atoms with Gasteiger partial charge in [-0.15, -0.1) is 0 Å². The molecule has 0 radical (unpaired) electrons. The zero-order valence-electron chi connectivity index (χ0n) is 12.1. The molecule has 6 heteroatoms. The Kier molecular flexibility index (Phi) is 4.98. The van der Waals surface area contributed by atoms with Crippen molar-refractivity contribution in [3.05, 3.63) is 0 Å². The van der Waals surface area contributed by atoms with Crippen molar-refractivity contribution in [2.24, 2.45) is 0 Å². The van der Waals surface area contributed by atoms with Crippen LogP contribution in [-0.2, 0) is 4.79 Å². The Morgan fingerprint density at radius 1 is 1.25 bits per heavy atom. The monoisotopic (exact) mass is 281 g/mol. The van der Waals surface area contributed by atoms with Gasteiger partial charge in [-0.1, -0.05) is 26.2 Å². The minimum Gasteiger partial charge on any atom is -0.337 e. The van der Waals surface area contributed by atoms with Crippen molar-refractivity contribution >= 4 is 18.0 Å². The molecular weight excluding hydrogens is 258 g/mol. The molecule has 2 rings (SSSR count). The summed E-state index contributed by atoms with van der Waals surface area (Å²) < 4.78 is 0. The Morgan fingerprint density at radius 3 is 2.75 bits per heavy atom. The number of fused-ring (bicyclic) bond motifs is 1. The standard InChI is InChI=1S/C14H23N3O3/c1-2-3-4-6-9-15-13(19)17-12(18)11-8-5-7-10-16(11)14(17)20/h11H,2-10H2,1H3,(H,15,19). The molecule has 2 fully saturated rings. The third kappa shape index (κ3) is 2.94. The van der Waals surface area contributed by atoms with E-state index in [2.05, 4.69) is 12.2 Å². The van der Waals surface area contributed by atoms with E-state index in [0.29, 0.717) is 19.5 Å². The van der Waals surface area contributed by atoms with E-state index in [9.17, 15) is 14.4 Å². The quantitative estimate of drug-likeness (QED) is 0.619. The van der Waals surface area contributed by atoms with Gasteiger partial charge in [-0.05, 0) is 25.7 Å². The number of carbonyl (C=O) groups excluding carboxylic acids is 3. The number of rotatable bonds is 5. The van der Waals surface area contributed by atoms with Crippen molar-refractivity contribution in [2.45, 2.75) is 57.9 Å². The highest BCUT2D eigenvalue weighted by atomic mass is 16.2. The van der Waals surface area contributed by atoms with Crippen LogP contribution >= 0.6 is 0 Å². The molecule has 6 nitrogen and oxygen atoms in total. The molecule has 2 aliphatic rings. The molecule has 2 heterocycles. The number of piperidine rings is 1. The van der Waals surface area contributed by atoms with Gasteiger partial charge < -0.3 is 10.2 Å². The number of carbonyl (C=O) groups is 3. The number of hydrogen-bond donors (Lipinski definition) is 1. The fraction of sp³-hybridized carbons (Fsp3) is 0.786. The van der Waals surface area contributed by atoms with Crippen LogP contribution in [0.4, 0.5) is 9.59 Å². The van der Waals surface area contributed by atoms with E-state index in [0.717, 1.165) is 43.4 Å². The summed E-state index contributed by atoms with van der Waals surface area (Å²) in [4.78, 5) is 38.5. The first-order valence-electron chi connectivity index (χ1n) is 7.59. The SMILES string of the molecule is CCCCCCNC(=O)N1C(=O)C2CCCCN2C1=O. The number of hydrogen-bond acceptors (Lipinski definition) is 3. The maximum atomic E-state index is 12.1. The van der Waals surface area contributed by atoms with Gasteiger partial charge in [0.05, 0.1) is 0 Å². The number of urea groups is 2. The lowest BCUT2D eigenvalue weighted by Gasteiger charge is -2.25. The fourth-order valence-corrected chi connectivity index (χ4v) is 2.80. The van der Waals surface area contributed by atoms with E-state index in [-0.39, 0.29) is 5.91 Å². The predicted octanol–water partition coefficient (Wildman–Crippen LogP) is 2.09. The molecule has 2 saturated heterocycles. The van der Waals surface area contributed by atoms with Crippen LogP contribution in [0.2, 0.25) is 0 Å². The van der Waals surface area contributed by atoms with Crippen LogP contribution in [0.1, 0.15) is 51.9 Å². The van der Waals surface area contributed by atoms with E-state index in [4.69, 9.17) is 0 Å². The van der Waals surface area contributed by atoms with Gasteiger partial charge in [0.25, 0.3) is 5.91 Å². The van der Waals surface area contributed by atoms with E-state index in [1.165, 1.54) is 4.90 Å². The van der Waals surface area contributed by atoms with Gasteiger partial charge in [-0.2, -0.15) is 4.90 Å². The van der Waals surface area contributed by atoms with Gasteiger partial charge in [-0.3, -0.25) is 4.79 Å². The normalized spacial score (nSPS) is 22.1. The second kappa shape index (κ2) is 6.72. The summed E-state index contributed by atoms with van der Waals surface area (Å²) in [6.45, 7) is 3.21. The molecule has 0 bridgehead atoms. The zero-order valence-corrected chi connectivity index (χ0v) is 12.1. The highest BCUT2D eigenvalue weighted by Crippen LogP contribution is 2.26. The van der Waals surface area contributed by atoms with Crippen molar-refractivity contribution in [1.29, 1.82) is 0 Å². The third-order valence-electron chi connectivity index (χ3n) is 3.95. The Balaban J connectivity index is 1.86. The Morgan fingerprint density at radius 2 is 2.05 bits per heavy atom. The van der Waals surface area contributed by atoms with Crippen molar-refractivity contribution in [1.82, 2.24) is 15.1 Å². The van der Waals surface area contributed by atoms with Crippen molar-refractivity contribution < 1.29 is 14.4 Å². The fourth-order valence-electron chi connectivity index (χ4n) is 2.80. The van der Waals surface area contributed by atoms with Gasteiger partial charge >= 0.3 is 12.1 Å². The van der Waals surface area contributed by atoms with Gasteiger partial charge in [0.15, 0.2) is 0 Å². The van der Waals surface area contributed by atoms with E-state index < -0.39 is 18.1 Å². The lowest BCUT2D eigenvalue weighted by atomic mass is 10.0. The van der Waals surface area contributed by atoms with Crippen LogP contribution in [0.3, 0.4) is 0 Å². The van der Waals surface area contributed by atoms with Crippen molar-refractivity contribution in [3.8, 4) is 0 Å². The number of amides is 5. The molecule has 0 saturated carbocycles. The Bertz CT molecular complexity index is 373. The van der Waals surface area contributed by atoms with Gasteiger partial charge in [-0.25, -0.2) is 9.59 Å². The first-order valence-corrected chi connectivity index (χ1v) is 7.59. The molecule has 0 spiro atoms. The number of nitrogens with zero attached hydrogens (tertiary/aromatic N) is 2. The van der Waals surface area contributed by atoms with Gasteiger partial charge in [0.2, 0.25) is 0 Å². The summed E-state index contributed by atoms with van der Waals surface area (Å²) in [5, 5.41) is 2.67. The molecular formula is C14H23N3O3. The van der Waals surface area contributed by atoms with Crippen molar-refractivity contribution in [3.63, 3.8) is 0 Å². The largest absolute Gasteiger partial charge is 0.337 e. The van der Waals surface area contributed by atoms with Crippen LogP contribution in [0, 0.1) is 0 Å². The highest BCUT2D eigenvalue weighted by Gasteiger charge is 2.48. The third-order valence-corrected chi connectivity index (χ3v) is 3.95.